The normalized spacial score (nSPS) is 16.1. The Morgan fingerprint density at radius 1 is 1.23 bits per heavy atom. The summed E-state index contributed by atoms with van der Waals surface area (Å²) in [4.78, 5) is 23.8. The maximum Gasteiger partial charge on any atom is 0.242 e. The Balaban J connectivity index is 1.57. The second-order valence-corrected chi connectivity index (χ2v) is 6.77. The number of rotatable bonds is 4. The summed E-state index contributed by atoms with van der Waals surface area (Å²) in [5.41, 5.74) is 2.60. The summed E-state index contributed by atoms with van der Waals surface area (Å²) >= 11 is 0. The molecule has 134 valence electrons. The van der Waals surface area contributed by atoms with E-state index < -0.39 is 0 Å². The molecule has 0 bridgehead atoms. The Kier molecular flexibility index (Phi) is 4.38. The van der Waals surface area contributed by atoms with E-state index in [1.807, 2.05) is 38.4 Å². The lowest BCUT2D eigenvalue weighted by molar-refractivity contribution is -0.120. The van der Waals surface area contributed by atoms with Crippen molar-refractivity contribution in [2.45, 2.75) is 25.8 Å². The van der Waals surface area contributed by atoms with Crippen molar-refractivity contribution in [1.29, 1.82) is 0 Å². The molecule has 1 saturated heterocycles. The van der Waals surface area contributed by atoms with E-state index in [0.29, 0.717) is 5.82 Å². The van der Waals surface area contributed by atoms with E-state index in [1.165, 1.54) is 0 Å². The van der Waals surface area contributed by atoms with Crippen LogP contribution in [0.2, 0.25) is 0 Å². The number of pyridine rings is 2. The van der Waals surface area contributed by atoms with Gasteiger partial charge < -0.3 is 5.32 Å². The highest BCUT2D eigenvalue weighted by molar-refractivity contribution is 5.95. The molecule has 26 heavy (non-hydrogen) atoms. The number of aromatic nitrogens is 4. The minimum atomic E-state index is -0.148. The second kappa shape index (κ2) is 6.84. The standard InChI is InChI=1S/C19H22N6O/c1-13(25-7-3-4-8-25)19(26)23-18-9-17-14(10-20-18)5-6-16(22-17)15-11-21-24(2)12-15/h5-6,9-13H,3-4,7-8H2,1-2H3,(H,20,23,26)/t13-/m0/s1. The summed E-state index contributed by atoms with van der Waals surface area (Å²) in [6.45, 7) is 3.91. The van der Waals surface area contributed by atoms with E-state index in [0.717, 1.165) is 48.1 Å². The van der Waals surface area contributed by atoms with E-state index in [9.17, 15) is 4.79 Å². The highest BCUT2D eigenvalue weighted by atomic mass is 16.2. The van der Waals surface area contributed by atoms with Crippen LogP contribution in [0.4, 0.5) is 5.82 Å². The Hall–Kier alpha value is -2.80. The first-order valence-corrected chi connectivity index (χ1v) is 8.91. The van der Waals surface area contributed by atoms with Crippen molar-refractivity contribution in [3.63, 3.8) is 0 Å². The first-order chi connectivity index (χ1) is 12.6. The van der Waals surface area contributed by atoms with Gasteiger partial charge in [-0.25, -0.2) is 9.97 Å². The lowest BCUT2D eigenvalue weighted by Crippen LogP contribution is -2.40. The SMILES string of the molecule is C[C@@H](C(=O)Nc1cc2nc(-c3cnn(C)c3)ccc2cn1)N1CCCC1. The number of amides is 1. The molecule has 0 aliphatic carbocycles. The van der Waals surface area contributed by atoms with Crippen LogP contribution in [0.1, 0.15) is 19.8 Å². The molecule has 0 aromatic carbocycles. The number of hydrogen-bond donors (Lipinski definition) is 1. The monoisotopic (exact) mass is 350 g/mol. The maximum absolute atomic E-state index is 12.5. The van der Waals surface area contributed by atoms with Gasteiger partial charge in [0.25, 0.3) is 0 Å². The Morgan fingerprint density at radius 2 is 2.04 bits per heavy atom. The third-order valence-corrected chi connectivity index (χ3v) is 4.89. The van der Waals surface area contributed by atoms with E-state index >= 15 is 0 Å². The zero-order chi connectivity index (χ0) is 18.1. The molecule has 1 aliphatic rings. The van der Waals surface area contributed by atoms with Crippen molar-refractivity contribution in [1.82, 2.24) is 24.6 Å². The van der Waals surface area contributed by atoms with Crippen LogP contribution in [0.3, 0.4) is 0 Å². The molecule has 0 saturated carbocycles. The average Bonchev–Trinajstić information content (AvgIpc) is 3.32. The zero-order valence-corrected chi connectivity index (χ0v) is 15.0. The van der Waals surface area contributed by atoms with Crippen molar-refractivity contribution in [2.75, 3.05) is 18.4 Å². The third kappa shape index (κ3) is 3.30. The predicted octanol–water partition coefficient (Wildman–Crippen LogP) is 2.45. The number of carbonyl (C=O) groups excluding carboxylic acids is 1. The van der Waals surface area contributed by atoms with Gasteiger partial charge in [-0.05, 0) is 45.0 Å². The fourth-order valence-electron chi connectivity index (χ4n) is 3.32. The smallest absolute Gasteiger partial charge is 0.242 e. The summed E-state index contributed by atoms with van der Waals surface area (Å²) in [5, 5.41) is 8.05. The van der Waals surface area contributed by atoms with Crippen LogP contribution in [-0.2, 0) is 11.8 Å². The average molecular weight is 350 g/mol. The van der Waals surface area contributed by atoms with E-state index in [4.69, 9.17) is 4.98 Å². The molecule has 1 fully saturated rings. The third-order valence-electron chi connectivity index (χ3n) is 4.89. The van der Waals surface area contributed by atoms with Crippen LogP contribution in [0.25, 0.3) is 22.2 Å². The number of nitrogens with zero attached hydrogens (tertiary/aromatic N) is 5. The van der Waals surface area contributed by atoms with Crippen LogP contribution in [0.5, 0.6) is 0 Å². The molecular weight excluding hydrogens is 328 g/mol. The molecule has 1 atom stereocenters. The summed E-state index contributed by atoms with van der Waals surface area (Å²) < 4.78 is 1.75. The molecule has 1 amide bonds. The number of carbonyl (C=O) groups is 1. The first kappa shape index (κ1) is 16.7. The lowest BCUT2D eigenvalue weighted by atomic mass is 10.2. The number of likely N-dealkylation sites (tertiary alicyclic amines) is 1. The van der Waals surface area contributed by atoms with Gasteiger partial charge in [-0.1, -0.05) is 0 Å². The molecule has 1 N–H and O–H groups in total. The van der Waals surface area contributed by atoms with Crippen LogP contribution >= 0.6 is 0 Å². The van der Waals surface area contributed by atoms with E-state index in [1.54, 1.807) is 17.1 Å². The summed E-state index contributed by atoms with van der Waals surface area (Å²) in [7, 11) is 1.88. The molecule has 7 heteroatoms. The van der Waals surface area contributed by atoms with Gasteiger partial charge in [0.05, 0.1) is 23.4 Å². The molecule has 4 heterocycles. The highest BCUT2D eigenvalue weighted by Crippen LogP contribution is 2.22. The summed E-state index contributed by atoms with van der Waals surface area (Å²) in [6, 6.07) is 5.61. The van der Waals surface area contributed by atoms with Gasteiger partial charge in [-0.3, -0.25) is 14.4 Å². The van der Waals surface area contributed by atoms with E-state index in [2.05, 4.69) is 20.3 Å². The molecule has 0 radical (unpaired) electrons. The van der Waals surface area contributed by atoms with Gasteiger partial charge >= 0.3 is 0 Å². The van der Waals surface area contributed by atoms with Gasteiger partial charge in [0.15, 0.2) is 0 Å². The minimum Gasteiger partial charge on any atom is -0.309 e. The zero-order valence-electron chi connectivity index (χ0n) is 15.0. The largest absolute Gasteiger partial charge is 0.309 e. The topological polar surface area (TPSA) is 75.9 Å². The number of nitrogens with one attached hydrogen (secondary N) is 1. The second-order valence-electron chi connectivity index (χ2n) is 6.77. The Morgan fingerprint density at radius 3 is 2.77 bits per heavy atom. The molecule has 0 spiro atoms. The quantitative estimate of drug-likeness (QED) is 0.782. The highest BCUT2D eigenvalue weighted by Gasteiger charge is 2.24. The van der Waals surface area contributed by atoms with Crippen LogP contribution in [0, 0.1) is 0 Å². The summed E-state index contributed by atoms with van der Waals surface area (Å²) in [6.07, 6.45) is 7.77. The Bertz CT molecular complexity index is 944. The summed E-state index contributed by atoms with van der Waals surface area (Å²) in [5.74, 6) is 0.506. The number of aryl methyl sites for hydroxylation is 1. The van der Waals surface area contributed by atoms with Gasteiger partial charge in [0, 0.05) is 36.5 Å². The fourth-order valence-corrected chi connectivity index (χ4v) is 3.32. The van der Waals surface area contributed by atoms with Crippen molar-refractivity contribution in [3.05, 3.63) is 36.8 Å². The molecule has 7 nitrogen and oxygen atoms in total. The first-order valence-electron chi connectivity index (χ1n) is 8.91. The Labute approximate surface area is 152 Å². The van der Waals surface area contributed by atoms with Gasteiger partial charge in [-0.15, -0.1) is 0 Å². The van der Waals surface area contributed by atoms with E-state index in [-0.39, 0.29) is 11.9 Å². The van der Waals surface area contributed by atoms with Gasteiger partial charge in [0.2, 0.25) is 5.91 Å². The molecule has 3 aromatic rings. The number of hydrogen-bond acceptors (Lipinski definition) is 5. The molecule has 4 rings (SSSR count). The van der Waals surface area contributed by atoms with Crippen LogP contribution in [0.15, 0.2) is 36.8 Å². The van der Waals surface area contributed by atoms with Crippen LogP contribution < -0.4 is 5.32 Å². The maximum atomic E-state index is 12.5. The number of anilines is 1. The predicted molar refractivity (Wildman–Crippen MR) is 101 cm³/mol. The van der Waals surface area contributed by atoms with Crippen LogP contribution in [-0.4, -0.2) is 49.7 Å². The lowest BCUT2D eigenvalue weighted by Gasteiger charge is -2.22. The van der Waals surface area contributed by atoms with Crippen molar-refractivity contribution in [3.8, 4) is 11.3 Å². The van der Waals surface area contributed by atoms with Crippen molar-refractivity contribution in [2.24, 2.45) is 7.05 Å². The molecule has 3 aromatic heterocycles. The fraction of sp³-hybridized carbons (Fsp3) is 0.368. The molecule has 1 aliphatic heterocycles. The van der Waals surface area contributed by atoms with Gasteiger partial charge in [0.1, 0.15) is 5.82 Å². The van der Waals surface area contributed by atoms with Gasteiger partial charge in [-0.2, -0.15) is 5.10 Å². The van der Waals surface area contributed by atoms with Crippen molar-refractivity contribution >= 4 is 22.6 Å². The van der Waals surface area contributed by atoms with Crippen molar-refractivity contribution < 1.29 is 4.79 Å². The number of fused-ring (bicyclic) bond motifs is 1. The molecule has 0 unspecified atom stereocenters. The molecular formula is C19H22N6O. The minimum absolute atomic E-state index is 0.0258.